The van der Waals surface area contributed by atoms with E-state index in [0.29, 0.717) is 6.54 Å². The lowest BCUT2D eigenvalue weighted by Gasteiger charge is -2.00. The second-order valence-corrected chi connectivity index (χ2v) is 5.64. The maximum atomic E-state index is 9.05. The summed E-state index contributed by atoms with van der Waals surface area (Å²) >= 11 is 3.33. The number of aliphatic hydroxyl groups excluding tert-OH is 1. The molecule has 0 fully saturated rings. The Balaban J connectivity index is 0.000000219. The van der Waals surface area contributed by atoms with E-state index in [1.165, 1.54) is 11.1 Å². The number of aliphatic hydroxyl groups is 1. The number of halogens is 1. The van der Waals surface area contributed by atoms with Gasteiger partial charge in [0, 0.05) is 16.6 Å². The predicted molar refractivity (Wildman–Crippen MR) is 94.1 cm³/mol. The Morgan fingerprint density at radius 3 is 2.00 bits per heavy atom. The van der Waals surface area contributed by atoms with E-state index in [-0.39, 0.29) is 5.76 Å². The van der Waals surface area contributed by atoms with Gasteiger partial charge in [0.05, 0.1) is 0 Å². The van der Waals surface area contributed by atoms with E-state index in [4.69, 9.17) is 10.8 Å². The highest BCUT2D eigenvalue weighted by Gasteiger charge is 1.95. The molecule has 2 rings (SSSR count). The number of rotatable bonds is 4. The van der Waals surface area contributed by atoms with Crippen molar-refractivity contribution < 1.29 is 5.11 Å². The zero-order chi connectivity index (χ0) is 15.7. The Bertz CT molecular complexity index is 546. The Morgan fingerprint density at radius 1 is 1.05 bits per heavy atom. The third kappa shape index (κ3) is 6.61. The molecule has 0 aliphatic heterocycles. The summed E-state index contributed by atoms with van der Waals surface area (Å²) in [6.07, 6.45) is 2.25. The average molecular weight is 348 g/mol. The van der Waals surface area contributed by atoms with Crippen molar-refractivity contribution in [2.75, 3.05) is 0 Å². The molecule has 0 aromatic heterocycles. The minimum absolute atomic E-state index is 0.137. The Morgan fingerprint density at radius 2 is 1.57 bits per heavy atom. The first kappa shape index (κ1) is 17.5. The molecular formula is C18H22BrNO. The van der Waals surface area contributed by atoms with Gasteiger partial charge in [-0.1, -0.05) is 72.3 Å². The molecule has 0 aliphatic rings. The summed E-state index contributed by atoms with van der Waals surface area (Å²) in [6.45, 7) is 6.23. The molecule has 21 heavy (non-hydrogen) atoms. The zero-order valence-electron chi connectivity index (χ0n) is 12.3. The van der Waals surface area contributed by atoms with Gasteiger partial charge in [-0.15, -0.1) is 0 Å². The molecule has 0 amide bonds. The maximum Gasteiger partial charge on any atom is 0.115 e. The van der Waals surface area contributed by atoms with E-state index in [1.54, 1.807) is 0 Å². The van der Waals surface area contributed by atoms with E-state index < -0.39 is 0 Å². The van der Waals surface area contributed by atoms with Crippen molar-refractivity contribution in [3.8, 4) is 0 Å². The summed E-state index contributed by atoms with van der Waals surface area (Å²) in [5, 5.41) is 9.05. The van der Waals surface area contributed by atoms with E-state index in [9.17, 15) is 0 Å². The van der Waals surface area contributed by atoms with Crippen LogP contribution in [0.3, 0.4) is 0 Å². The summed E-state index contributed by atoms with van der Waals surface area (Å²) in [6, 6.07) is 15.8. The molecule has 3 heteroatoms. The highest BCUT2D eigenvalue weighted by atomic mass is 79.9. The minimum atomic E-state index is 0.137. The molecule has 0 atom stereocenters. The van der Waals surface area contributed by atoms with E-state index in [2.05, 4.69) is 29.4 Å². The van der Waals surface area contributed by atoms with Crippen LogP contribution in [0.4, 0.5) is 0 Å². The standard InChI is InChI=1S/C11H14O.C7H8BrN/c1-3-4-10-5-7-11(8-6-10)9(2)12;8-7-3-1-6(5-9)2-4-7/h5-8,12H,2-4H2,1H3;1-4H,5,9H2. The maximum absolute atomic E-state index is 9.05. The van der Waals surface area contributed by atoms with Crippen LogP contribution < -0.4 is 5.73 Å². The summed E-state index contributed by atoms with van der Waals surface area (Å²) in [4.78, 5) is 0. The first-order valence-corrected chi connectivity index (χ1v) is 7.77. The lowest BCUT2D eigenvalue weighted by molar-refractivity contribution is 0.514. The summed E-state index contributed by atoms with van der Waals surface area (Å²) < 4.78 is 1.10. The fourth-order valence-electron chi connectivity index (χ4n) is 1.77. The second kappa shape index (κ2) is 9.37. The average Bonchev–Trinajstić information content (AvgIpc) is 2.50. The van der Waals surface area contributed by atoms with Crippen molar-refractivity contribution in [1.82, 2.24) is 0 Å². The topological polar surface area (TPSA) is 46.2 Å². The number of hydrogen-bond acceptors (Lipinski definition) is 2. The van der Waals surface area contributed by atoms with Crippen LogP contribution in [0, 0.1) is 0 Å². The molecule has 0 aliphatic carbocycles. The Kier molecular flexibility index (Phi) is 7.80. The van der Waals surface area contributed by atoms with Gasteiger partial charge in [-0.05, 0) is 29.7 Å². The third-order valence-electron chi connectivity index (χ3n) is 2.97. The molecule has 0 unspecified atom stereocenters. The molecule has 3 N–H and O–H groups in total. The summed E-state index contributed by atoms with van der Waals surface area (Å²) in [5.74, 6) is 0.137. The molecular weight excluding hydrogens is 326 g/mol. The lowest BCUT2D eigenvalue weighted by atomic mass is 10.1. The molecule has 0 heterocycles. The highest BCUT2D eigenvalue weighted by molar-refractivity contribution is 9.10. The fourth-order valence-corrected chi connectivity index (χ4v) is 2.04. The van der Waals surface area contributed by atoms with Gasteiger partial charge >= 0.3 is 0 Å². The number of hydrogen-bond donors (Lipinski definition) is 2. The van der Waals surface area contributed by atoms with Crippen molar-refractivity contribution in [3.05, 3.63) is 76.3 Å². The summed E-state index contributed by atoms with van der Waals surface area (Å²) in [7, 11) is 0. The van der Waals surface area contributed by atoms with Crippen LogP contribution >= 0.6 is 15.9 Å². The van der Waals surface area contributed by atoms with Crippen molar-refractivity contribution in [3.63, 3.8) is 0 Å². The normalized spacial score (nSPS) is 9.67. The van der Waals surface area contributed by atoms with Crippen LogP contribution in [0.5, 0.6) is 0 Å². The predicted octanol–water partition coefficient (Wildman–Crippen LogP) is 5.08. The van der Waals surface area contributed by atoms with Crippen LogP contribution in [0.2, 0.25) is 0 Å². The third-order valence-corrected chi connectivity index (χ3v) is 3.50. The highest BCUT2D eigenvalue weighted by Crippen LogP contribution is 2.11. The number of benzene rings is 2. The molecule has 0 bridgehead atoms. The Hall–Kier alpha value is -1.58. The van der Waals surface area contributed by atoms with Crippen molar-refractivity contribution >= 4 is 21.7 Å². The van der Waals surface area contributed by atoms with Gasteiger partial charge < -0.3 is 10.8 Å². The van der Waals surface area contributed by atoms with Crippen molar-refractivity contribution in [2.24, 2.45) is 5.73 Å². The van der Waals surface area contributed by atoms with Gasteiger partial charge in [0.1, 0.15) is 5.76 Å². The number of aryl methyl sites for hydroxylation is 1. The molecule has 2 aromatic rings. The monoisotopic (exact) mass is 347 g/mol. The van der Waals surface area contributed by atoms with Crippen LogP contribution in [0.15, 0.2) is 59.6 Å². The van der Waals surface area contributed by atoms with Gasteiger partial charge in [0.2, 0.25) is 0 Å². The first-order valence-electron chi connectivity index (χ1n) is 6.98. The second-order valence-electron chi connectivity index (χ2n) is 4.72. The molecule has 2 aromatic carbocycles. The quantitative estimate of drug-likeness (QED) is 0.757. The Labute approximate surface area is 135 Å². The van der Waals surface area contributed by atoms with Crippen LogP contribution in [-0.4, -0.2) is 5.11 Å². The molecule has 112 valence electrons. The molecule has 0 radical (unpaired) electrons. The van der Waals surface area contributed by atoms with Gasteiger partial charge in [0.25, 0.3) is 0 Å². The van der Waals surface area contributed by atoms with Crippen LogP contribution in [0.1, 0.15) is 30.0 Å². The lowest BCUT2D eigenvalue weighted by Crippen LogP contribution is -1.94. The van der Waals surface area contributed by atoms with Crippen LogP contribution in [0.25, 0.3) is 5.76 Å². The minimum Gasteiger partial charge on any atom is -0.508 e. The van der Waals surface area contributed by atoms with E-state index in [0.717, 1.165) is 22.9 Å². The SMILES string of the molecule is C=C(O)c1ccc(CCC)cc1.NCc1ccc(Br)cc1. The first-order chi connectivity index (χ1) is 10.1. The van der Waals surface area contributed by atoms with Crippen LogP contribution in [-0.2, 0) is 13.0 Å². The smallest absolute Gasteiger partial charge is 0.115 e. The molecule has 2 nitrogen and oxygen atoms in total. The van der Waals surface area contributed by atoms with Crippen molar-refractivity contribution in [2.45, 2.75) is 26.3 Å². The molecule has 0 saturated carbocycles. The van der Waals surface area contributed by atoms with Crippen molar-refractivity contribution in [1.29, 1.82) is 0 Å². The van der Waals surface area contributed by atoms with Gasteiger partial charge in [-0.2, -0.15) is 0 Å². The summed E-state index contributed by atoms with van der Waals surface area (Å²) in [5.41, 5.74) is 8.66. The van der Waals surface area contributed by atoms with E-state index in [1.807, 2.05) is 48.5 Å². The zero-order valence-corrected chi connectivity index (χ0v) is 13.9. The van der Waals surface area contributed by atoms with Gasteiger partial charge in [-0.25, -0.2) is 0 Å². The van der Waals surface area contributed by atoms with Gasteiger partial charge in [-0.3, -0.25) is 0 Å². The largest absolute Gasteiger partial charge is 0.508 e. The van der Waals surface area contributed by atoms with E-state index >= 15 is 0 Å². The molecule has 0 saturated heterocycles. The van der Waals surface area contributed by atoms with Gasteiger partial charge in [0.15, 0.2) is 0 Å². The number of nitrogens with two attached hydrogens (primary N) is 1. The molecule has 0 spiro atoms. The fraction of sp³-hybridized carbons (Fsp3) is 0.222.